The van der Waals surface area contributed by atoms with Crippen LogP contribution in [0.5, 0.6) is 0 Å². The number of hydrogen-bond acceptors (Lipinski definition) is 3. The second-order valence-corrected chi connectivity index (χ2v) is 2.80. The summed E-state index contributed by atoms with van der Waals surface area (Å²) in [5, 5.41) is 0.993. The molecule has 62 valence electrons. The van der Waals surface area contributed by atoms with Crippen LogP contribution in [0.4, 0.5) is 5.82 Å². The summed E-state index contributed by atoms with van der Waals surface area (Å²) < 4.78 is 0. The highest BCUT2D eigenvalue weighted by molar-refractivity contribution is 5.99. The molecule has 1 N–H and O–H groups in total. The van der Waals surface area contributed by atoms with Crippen LogP contribution in [-0.4, -0.2) is 21.2 Å². The molecule has 0 atom stereocenters. The van der Waals surface area contributed by atoms with Gasteiger partial charge in [-0.25, -0.2) is 15.0 Å². The molecule has 0 saturated carbocycles. The zero-order chi connectivity index (χ0) is 8.67. The van der Waals surface area contributed by atoms with Crippen molar-refractivity contribution in [2.45, 2.75) is 0 Å². The molecule has 13 heavy (non-hydrogen) atoms. The minimum atomic E-state index is 0.728. The molecule has 1 aliphatic heterocycles. The van der Waals surface area contributed by atoms with Gasteiger partial charge in [-0.2, -0.15) is 0 Å². The third kappa shape index (κ3) is 0.823. The second kappa shape index (κ2) is 2.26. The lowest BCUT2D eigenvalue weighted by Gasteiger charge is -1.93. The normalized spacial score (nSPS) is 13.5. The Balaban J connectivity index is 2.56. The molecule has 3 heterocycles. The van der Waals surface area contributed by atoms with Crippen molar-refractivity contribution in [3.05, 3.63) is 24.2 Å². The molecular weight excluding hydrogens is 164 g/mol. The van der Waals surface area contributed by atoms with Crippen molar-refractivity contribution in [3.8, 4) is 0 Å². The Kier molecular flexibility index (Phi) is 1.14. The van der Waals surface area contributed by atoms with E-state index in [0.29, 0.717) is 0 Å². The highest BCUT2D eigenvalue weighted by Crippen LogP contribution is 2.27. The Labute approximate surface area is 74.1 Å². The van der Waals surface area contributed by atoms with Crippen LogP contribution in [0.25, 0.3) is 17.1 Å². The lowest BCUT2D eigenvalue weighted by Crippen LogP contribution is -1.80. The molecule has 0 radical (unpaired) electrons. The summed E-state index contributed by atoms with van der Waals surface area (Å²) in [6.07, 6.45) is 9.04. The summed E-state index contributed by atoms with van der Waals surface area (Å²) in [6, 6.07) is 0. The standard InChI is InChI=1S/C9H6N4/c1-2-6-4-11-9-7(6)8(10-3-1)12-5-13-9/h1-5H,(H,10,11,12,13). The fourth-order valence-corrected chi connectivity index (χ4v) is 1.46. The Morgan fingerprint density at radius 2 is 2.23 bits per heavy atom. The average Bonchev–Trinajstić information content (AvgIpc) is 2.44. The monoisotopic (exact) mass is 170 g/mol. The minimum absolute atomic E-state index is 0.728. The number of aliphatic imine (C=N–C) groups is 1. The molecule has 0 unspecified atom stereocenters. The van der Waals surface area contributed by atoms with Crippen LogP contribution in [-0.2, 0) is 0 Å². The van der Waals surface area contributed by atoms with Crippen molar-refractivity contribution < 1.29 is 0 Å². The third-order valence-electron chi connectivity index (χ3n) is 2.04. The van der Waals surface area contributed by atoms with Crippen molar-refractivity contribution in [1.82, 2.24) is 15.0 Å². The molecule has 0 spiro atoms. The van der Waals surface area contributed by atoms with E-state index in [0.717, 1.165) is 22.4 Å². The third-order valence-corrected chi connectivity index (χ3v) is 2.04. The van der Waals surface area contributed by atoms with Gasteiger partial charge in [0.2, 0.25) is 0 Å². The van der Waals surface area contributed by atoms with Gasteiger partial charge in [0.25, 0.3) is 0 Å². The number of nitrogens with zero attached hydrogens (tertiary/aromatic N) is 3. The molecule has 2 aromatic heterocycles. The van der Waals surface area contributed by atoms with E-state index in [1.54, 1.807) is 6.21 Å². The largest absolute Gasteiger partial charge is 0.345 e. The van der Waals surface area contributed by atoms with Crippen LogP contribution in [0.15, 0.2) is 23.6 Å². The van der Waals surface area contributed by atoms with Gasteiger partial charge in [-0.1, -0.05) is 6.08 Å². The van der Waals surface area contributed by atoms with Gasteiger partial charge in [-0.15, -0.1) is 0 Å². The molecule has 0 saturated heterocycles. The van der Waals surface area contributed by atoms with Crippen molar-refractivity contribution in [1.29, 1.82) is 0 Å². The molecule has 3 rings (SSSR count). The highest BCUT2D eigenvalue weighted by Gasteiger charge is 2.08. The number of rotatable bonds is 0. The van der Waals surface area contributed by atoms with Gasteiger partial charge in [-0.05, 0) is 6.08 Å². The molecule has 2 aromatic rings. The first-order chi connectivity index (χ1) is 6.45. The second-order valence-electron chi connectivity index (χ2n) is 2.80. The summed E-state index contributed by atoms with van der Waals surface area (Å²) in [7, 11) is 0. The van der Waals surface area contributed by atoms with Gasteiger partial charge < -0.3 is 4.98 Å². The SMILES string of the molecule is C1=Cc2c[nH]c3ncnc(c23)N=C1. The van der Waals surface area contributed by atoms with E-state index in [4.69, 9.17) is 0 Å². The van der Waals surface area contributed by atoms with Gasteiger partial charge >= 0.3 is 0 Å². The topological polar surface area (TPSA) is 53.9 Å². The van der Waals surface area contributed by atoms with Crippen LogP contribution in [0, 0.1) is 0 Å². The molecule has 0 bridgehead atoms. The quantitative estimate of drug-likeness (QED) is 0.654. The maximum absolute atomic E-state index is 4.19. The Morgan fingerprint density at radius 1 is 1.23 bits per heavy atom. The van der Waals surface area contributed by atoms with Crippen LogP contribution >= 0.6 is 0 Å². The lowest BCUT2D eigenvalue weighted by atomic mass is 10.2. The average molecular weight is 170 g/mol. The number of aromatic amines is 1. The molecular formula is C9H6N4. The summed E-state index contributed by atoms with van der Waals surface area (Å²) in [5.41, 5.74) is 1.92. The van der Waals surface area contributed by atoms with E-state index in [1.165, 1.54) is 6.33 Å². The molecule has 0 fully saturated rings. The molecule has 4 heteroatoms. The van der Waals surface area contributed by atoms with Crippen LogP contribution < -0.4 is 0 Å². The van der Waals surface area contributed by atoms with Crippen molar-refractivity contribution in [3.63, 3.8) is 0 Å². The fraction of sp³-hybridized carbons (Fsp3) is 0. The number of hydrogen-bond donors (Lipinski definition) is 1. The summed E-state index contributed by atoms with van der Waals surface area (Å²) in [5.74, 6) is 0.728. The maximum atomic E-state index is 4.19. The summed E-state index contributed by atoms with van der Waals surface area (Å²) in [4.78, 5) is 15.5. The Hall–Kier alpha value is -1.97. The fourth-order valence-electron chi connectivity index (χ4n) is 1.46. The predicted molar refractivity (Wildman–Crippen MR) is 51.1 cm³/mol. The highest BCUT2D eigenvalue weighted by atomic mass is 15.0. The zero-order valence-electron chi connectivity index (χ0n) is 6.73. The molecule has 0 amide bonds. The first-order valence-electron chi connectivity index (χ1n) is 3.98. The Bertz CT molecular complexity index is 521. The number of allylic oxidation sites excluding steroid dienone is 1. The van der Waals surface area contributed by atoms with Crippen molar-refractivity contribution in [2.24, 2.45) is 4.99 Å². The van der Waals surface area contributed by atoms with E-state index in [9.17, 15) is 0 Å². The first kappa shape index (κ1) is 6.54. The Morgan fingerprint density at radius 3 is 3.23 bits per heavy atom. The van der Waals surface area contributed by atoms with Gasteiger partial charge in [0, 0.05) is 18.0 Å². The molecule has 4 nitrogen and oxygen atoms in total. The van der Waals surface area contributed by atoms with Crippen molar-refractivity contribution >= 4 is 29.1 Å². The van der Waals surface area contributed by atoms with Crippen LogP contribution in [0.1, 0.15) is 5.56 Å². The van der Waals surface area contributed by atoms with Gasteiger partial charge in [0.15, 0.2) is 5.82 Å². The molecule has 1 aliphatic rings. The van der Waals surface area contributed by atoms with E-state index in [1.807, 2.05) is 18.3 Å². The van der Waals surface area contributed by atoms with Gasteiger partial charge in [0.05, 0.1) is 5.39 Å². The number of nitrogens with one attached hydrogen (secondary N) is 1. The van der Waals surface area contributed by atoms with Crippen molar-refractivity contribution in [2.75, 3.05) is 0 Å². The smallest absolute Gasteiger partial charge is 0.165 e. The zero-order valence-corrected chi connectivity index (χ0v) is 6.73. The number of aromatic nitrogens is 3. The van der Waals surface area contributed by atoms with E-state index < -0.39 is 0 Å². The minimum Gasteiger partial charge on any atom is -0.345 e. The summed E-state index contributed by atoms with van der Waals surface area (Å²) in [6.45, 7) is 0. The number of H-pyrrole nitrogens is 1. The first-order valence-corrected chi connectivity index (χ1v) is 3.98. The lowest BCUT2D eigenvalue weighted by molar-refractivity contribution is 1.19. The predicted octanol–water partition coefficient (Wildman–Crippen LogP) is 1.69. The molecule has 0 aromatic carbocycles. The van der Waals surface area contributed by atoms with E-state index in [-0.39, 0.29) is 0 Å². The maximum Gasteiger partial charge on any atom is 0.165 e. The van der Waals surface area contributed by atoms with Gasteiger partial charge in [-0.3, -0.25) is 0 Å². The summed E-state index contributed by atoms with van der Waals surface area (Å²) >= 11 is 0. The molecule has 0 aliphatic carbocycles. The van der Waals surface area contributed by atoms with Crippen LogP contribution in [0.3, 0.4) is 0 Å². The van der Waals surface area contributed by atoms with Gasteiger partial charge in [0.1, 0.15) is 12.0 Å². The van der Waals surface area contributed by atoms with E-state index >= 15 is 0 Å². The van der Waals surface area contributed by atoms with E-state index in [2.05, 4.69) is 19.9 Å². The van der Waals surface area contributed by atoms with Crippen LogP contribution in [0.2, 0.25) is 0 Å².